The topological polar surface area (TPSA) is 88.8 Å². The summed E-state index contributed by atoms with van der Waals surface area (Å²) in [5.41, 5.74) is 0.751. The molecule has 1 saturated heterocycles. The van der Waals surface area contributed by atoms with Crippen molar-refractivity contribution in [2.45, 2.75) is 6.92 Å². The minimum atomic E-state index is -0.849. The van der Waals surface area contributed by atoms with E-state index in [1.165, 1.54) is 6.08 Å². The summed E-state index contributed by atoms with van der Waals surface area (Å²) in [7, 11) is 0. The number of halogens is 1. The van der Waals surface area contributed by atoms with Gasteiger partial charge in [0.2, 0.25) is 0 Å². The third-order valence-corrected chi connectivity index (χ3v) is 4.77. The number of carbonyl (C=O) groups is 3. The van der Waals surface area contributed by atoms with E-state index in [0.717, 1.165) is 10.5 Å². The fourth-order valence-electron chi connectivity index (χ4n) is 3.17. The molecule has 1 aliphatic rings. The van der Waals surface area contributed by atoms with Gasteiger partial charge in [-0.25, -0.2) is 9.69 Å². The molecular formula is C23H17ClN2O5. The molecule has 0 unspecified atom stereocenters. The molecule has 156 valence electrons. The van der Waals surface area contributed by atoms with Crippen LogP contribution in [0.15, 0.2) is 70.7 Å². The SMILES string of the molecule is CCOc1ccccc1N1C(=O)NC(=O)/C(=C\c2ccc(-c3cccc(Cl)c3)o2)C1=O. The van der Waals surface area contributed by atoms with Crippen LogP contribution in [0.25, 0.3) is 17.4 Å². The maximum atomic E-state index is 13.1. The smallest absolute Gasteiger partial charge is 0.336 e. The van der Waals surface area contributed by atoms with Crippen molar-refractivity contribution in [1.82, 2.24) is 5.32 Å². The maximum absolute atomic E-state index is 13.1. The zero-order valence-electron chi connectivity index (χ0n) is 16.4. The van der Waals surface area contributed by atoms with Crippen LogP contribution in [0.5, 0.6) is 5.75 Å². The monoisotopic (exact) mass is 436 g/mol. The molecule has 1 fully saturated rings. The molecule has 0 aliphatic carbocycles. The van der Waals surface area contributed by atoms with Crippen LogP contribution in [-0.4, -0.2) is 24.5 Å². The van der Waals surface area contributed by atoms with E-state index in [9.17, 15) is 14.4 Å². The Morgan fingerprint density at radius 1 is 1.06 bits per heavy atom. The van der Waals surface area contributed by atoms with Crippen LogP contribution in [0.1, 0.15) is 12.7 Å². The number of anilines is 1. The van der Waals surface area contributed by atoms with E-state index >= 15 is 0 Å². The summed E-state index contributed by atoms with van der Waals surface area (Å²) in [5, 5.41) is 2.74. The van der Waals surface area contributed by atoms with Crippen molar-refractivity contribution >= 4 is 41.2 Å². The third-order valence-electron chi connectivity index (χ3n) is 4.53. The standard InChI is InChI=1S/C23H17ClN2O5/c1-2-30-20-9-4-3-8-18(20)26-22(28)17(21(27)25-23(26)29)13-16-10-11-19(31-16)14-6-5-7-15(24)12-14/h3-13H,2H2,1H3,(H,25,27,29)/b17-13+. The number of carbonyl (C=O) groups excluding carboxylic acids is 3. The molecule has 1 aliphatic heterocycles. The molecule has 2 heterocycles. The second-order valence-electron chi connectivity index (χ2n) is 6.57. The molecule has 0 spiro atoms. The average molecular weight is 437 g/mol. The highest BCUT2D eigenvalue weighted by Crippen LogP contribution is 2.32. The van der Waals surface area contributed by atoms with Crippen LogP contribution < -0.4 is 15.0 Å². The largest absolute Gasteiger partial charge is 0.492 e. The molecule has 3 aromatic rings. The van der Waals surface area contributed by atoms with Gasteiger partial charge >= 0.3 is 6.03 Å². The van der Waals surface area contributed by atoms with Crippen LogP contribution in [0.3, 0.4) is 0 Å². The molecule has 1 aromatic heterocycles. The number of barbiturate groups is 1. The number of nitrogens with one attached hydrogen (secondary N) is 1. The summed E-state index contributed by atoms with van der Waals surface area (Å²) in [4.78, 5) is 38.8. The van der Waals surface area contributed by atoms with Gasteiger partial charge in [0, 0.05) is 10.6 Å². The van der Waals surface area contributed by atoms with Crippen LogP contribution in [0.4, 0.5) is 10.5 Å². The predicted molar refractivity (Wildman–Crippen MR) is 116 cm³/mol. The second kappa shape index (κ2) is 8.49. The fourth-order valence-corrected chi connectivity index (χ4v) is 3.36. The molecule has 0 saturated carbocycles. The first kappa shape index (κ1) is 20.4. The molecule has 1 N–H and O–H groups in total. The van der Waals surface area contributed by atoms with Gasteiger partial charge in [0.25, 0.3) is 11.8 Å². The number of furan rings is 1. The molecule has 4 rings (SSSR count). The minimum Gasteiger partial charge on any atom is -0.492 e. The Morgan fingerprint density at radius 3 is 2.65 bits per heavy atom. The Balaban J connectivity index is 1.69. The Kier molecular flexibility index (Phi) is 5.60. The van der Waals surface area contributed by atoms with Gasteiger partial charge in [-0.2, -0.15) is 0 Å². The first-order valence-electron chi connectivity index (χ1n) is 9.47. The van der Waals surface area contributed by atoms with Crippen LogP contribution >= 0.6 is 11.6 Å². The van der Waals surface area contributed by atoms with Crippen LogP contribution in [-0.2, 0) is 9.59 Å². The van der Waals surface area contributed by atoms with Gasteiger partial charge < -0.3 is 9.15 Å². The van der Waals surface area contributed by atoms with Crippen molar-refractivity contribution in [2.75, 3.05) is 11.5 Å². The van der Waals surface area contributed by atoms with Crippen molar-refractivity contribution in [2.24, 2.45) is 0 Å². The van der Waals surface area contributed by atoms with Crippen molar-refractivity contribution in [3.63, 3.8) is 0 Å². The molecular weight excluding hydrogens is 420 g/mol. The number of imide groups is 2. The lowest BCUT2D eigenvalue weighted by atomic mass is 10.1. The molecule has 4 amide bonds. The molecule has 0 atom stereocenters. The number of hydrogen-bond acceptors (Lipinski definition) is 5. The Labute approximate surface area is 182 Å². The fraction of sp³-hybridized carbons (Fsp3) is 0.0870. The van der Waals surface area contributed by atoms with E-state index in [1.807, 2.05) is 6.07 Å². The lowest BCUT2D eigenvalue weighted by molar-refractivity contribution is -0.122. The van der Waals surface area contributed by atoms with Crippen molar-refractivity contribution in [3.05, 3.63) is 77.0 Å². The lowest BCUT2D eigenvalue weighted by Gasteiger charge is -2.27. The molecule has 2 aromatic carbocycles. The zero-order valence-corrected chi connectivity index (χ0v) is 17.2. The van der Waals surface area contributed by atoms with Crippen molar-refractivity contribution < 1.29 is 23.5 Å². The zero-order chi connectivity index (χ0) is 22.0. The predicted octanol–water partition coefficient (Wildman–Crippen LogP) is 4.67. The third kappa shape index (κ3) is 4.08. The van der Waals surface area contributed by atoms with E-state index in [4.69, 9.17) is 20.8 Å². The summed E-state index contributed by atoms with van der Waals surface area (Å²) >= 11 is 6.02. The van der Waals surface area contributed by atoms with Gasteiger partial charge in [0.05, 0.1) is 12.3 Å². The highest BCUT2D eigenvalue weighted by molar-refractivity contribution is 6.39. The number of rotatable bonds is 5. The van der Waals surface area contributed by atoms with Crippen molar-refractivity contribution in [3.8, 4) is 17.1 Å². The van der Waals surface area contributed by atoms with Gasteiger partial charge in [-0.05, 0) is 49.4 Å². The van der Waals surface area contributed by atoms with Gasteiger partial charge in [-0.3, -0.25) is 14.9 Å². The Bertz CT molecular complexity index is 1210. The first-order valence-corrected chi connectivity index (χ1v) is 9.85. The Hall–Kier alpha value is -3.84. The highest BCUT2D eigenvalue weighted by Gasteiger charge is 2.38. The van der Waals surface area contributed by atoms with E-state index in [0.29, 0.717) is 23.1 Å². The highest BCUT2D eigenvalue weighted by atomic mass is 35.5. The number of amides is 4. The van der Waals surface area contributed by atoms with E-state index in [2.05, 4.69) is 5.32 Å². The van der Waals surface area contributed by atoms with E-state index in [1.54, 1.807) is 61.5 Å². The van der Waals surface area contributed by atoms with Gasteiger partial charge in [0.1, 0.15) is 22.8 Å². The van der Waals surface area contributed by atoms with Gasteiger partial charge in [-0.1, -0.05) is 35.9 Å². The lowest BCUT2D eigenvalue weighted by Crippen LogP contribution is -2.54. The Morgan fingerprint density at radius 2 is 1.87 bits per heavy atom. The van der Waals surface area contributed by atoms with Gasteiger partial charge in [-0.15, -0.1) is 0 Å². The number of benzene rings is 2. The van der Waals surface area contributed by atoms with Crippen LogP contribution in [0, 0.1) is 0 Å². The van der Waals surface area contributed by atoms with E-state index in [-0.39, 0.29) is 17.0 Å². The van der Waals surface area contributed by atoms with Gasteiger partial charge in [0.15, 0.2) is 0 Å². The average Bonchev–Trinajstić information content (AvgIpc) is 3.21. The number of ether oxygens (including phenoxy) is 1. The summed E-state index contributed by atoms with van der Waals surface area (Å²) in [6.45, 7) is 2.14. The summed E-state index contributed by atoms with van der Waals surface area (Å²) < 4.78 is 11.3. The molecule has 8 heteroatoms. The molecule has 0 bridgehead atoms. The minimum absolute atomic E-state index is 0.238. The second-order valence-corrected chi connectivity index (χ2v) is 7.01. The number of nitrogens with zero attached hydrogens (tertiary/aromatic N) is 1. The van der Waals surface area contributed by atoms with E-state index < -0.39 is 17.8 Å². The molecule has 7 nitrogen and oxygen atoms in total. The first-order chi connectivity index (χ1) is 15.0. The van der Waals surface area contributed by atoms with Crippen LogP contribution in [0.2, 0.25) is 5.02 Å². The summed E-state index contributed by atoms with van der Waals surface area (Å²) in [5.74, 6) is -0.431. The normalized spacial score (nSPS) is 15.4. The maximum Gasteiger partial charge on any atom is 0.336 e. The number of urea groups is 1. The molecule has 31 heavy (non-hydrogen) atoms. The molecule has 0 radical (unpaired) electrons. The number of hydrogen-bond donors (Lipinski definition) is 1. The van der Waals surface area contributed by atoms with Crippen molar-refractivity contribution in [1.29, 1.82) is 0 Å². The number of para-hydroxylation sites is 2. The summed E-state index contributed by atoms with van der Waals surface area (Å²) in [6, 6.07) is 16.2. The summed E-state index contributed by atoms with van der Waals surface area (Å²) in [6.07, 6.45) is 1.30. The quantitative estimate of drug-likeness (QED) is 0.464.